The topological polar surface area (TPSA) is 67.2 Å². The van der Waals surface area contributed by atoms with E-state index in [-0.39, 0.29) is 18.4 Å². The number of carbonyl (C=O) groups excluding carboxylic acids is 2. The van der Waals surface area contributed by atoms with Gasteiger partial charge < -0.3 is 14.8 Å². The lowest BCUT2D eigenvalue weighted by Gasteiger charge is -2.20. The number of nitrogens with one attached hydrogen (secondary N) is 1. The third-order valence-corrected chi connectivity index (χ3v) is 4.83. The van der Waals surface area contributed by atoms with Crippen LogP contribution in [0.15, 0.2) is 61.7 Å². The van der Waals surface area contributed by atoms with Crippen molar-refractivity contribution < 1.29 is 9.59 Å². The number of aryl methyl sites for hydroxylation is 1. The maximum Gasteiger partial charge on any atom is 0.246 e. The predicted octanol–water partition coefficient (Wildman–Crippen LogP) is 3.64. The van der Waals surface area contributed by atoms with Crippen LogP contribution in [0.2, 0.25) is 0 Å². The summed E-state index contributed by atoms with van der Waals surface area (Å²) in [5.74, 6) is 0.827. The van der Waals surface area contributed by atoms with Gasteiger partial charge in [-0.05, 0) is 31.9 Å². The van der Waals surface area contributed by atoms with Gasteiger partial charge in [-0.2, -0.15) is 0 Å². The number of unbranched alkanes of at least 4 members (excludes halogenated alkanes) is 2. The van der Waals surface area contributed by atoms with Crippen molar-refractivity contribution in [1.29, 1.82) is 0 Å². The monoisotopic (exact) mass is 408 g/mol. The molecule has 1 heterocycles. The molecule has 0 saturated carbocycles. The molecule has 1 aromatic carbocycles. The molecular formula is C24H32N4O2. The molecule has 6 heteroatoms. The highest BCUT2D eigenvalue weighted by Gasteiger charge is 2.17. The molecule has 0 saturated heterocycles. The average molecular weight is 409 g/mol. The Bertz CT molecular complexity index is 903. The molecule has 2 aromatic rings. The van der Waals surface area contributed by atoms with E-state index in [1.807, 2.05) is 28.8 Å². The SMILES string of the molecule is C=CCN(CC=C)C(=O)Cn1c(CCCCCNC(=O)C(=C)C)nc2ccccc21. The van der Waals surface area contributed by atoms with E-state index >= 15 is 0 Å². The lowest BCUT2D eigenvalue weighted by Crippen LogP contribution is -2.34. The Morgan fingerprint density at radius 2 is 1.83 bits per heavy atom. The molecule has 2 amide bonds. The van der Waals surface area contributed by atoms with E-state index in [2.05, 4.69) is 25.1 Å². The summed E-state index contributed by atoms with van der Waals surface area (Å²) in [6.45, 7) is 14.7. The second-order valence-corrected chi connectivity index (χ2v) is 7.33. The van der Waals surface area contributed by atoms with Crippen LogP contribution in [0, 0.1) is 0 Å². The number of fused-ring (bicyclic) bond motifs is 1. The third-order valence-electron chi connectivity index (χ3n) is 4.83. The fourth-order valence-corrected chi connectivity index (χ4v) is 3.26. The fourth-order valence-electron chi connectivity index (χ4n) is 3.26. The number of nitrogens with zero attached hydrogens (tertiary/aromatic N) is 3. The number of amides is 2. The summed E-state index contributed by atoms with van der Waals surface area (Å²) in [5, 5.41) is 2.85. The molecule has 0 aliphatic heterocycles. The van der Waals surface area contributed by atoms with Crippen molar-refractivity contribution in [3.8, 4) is 0 Å². The predicted molar refractivity (Wildman–Crippen MR) is 122 cm³/mol. The Kier molecular flexibility index (Phi) is 9.06. The lowest BCUT2D eigenvalue weighted by atomic mass is 10.2. The van der Waals surface area contributed by atoms with Crippen molar-refractivity contribution in [3.63, 3.8) is 0 Å². The summed E-state index contributed by atoms with van der Waals surface area (Å²) >= 11 is 0. The van der Waals surface area contributed by atoms with Gasteiger partial charge in [-0.15, -0.1) is 13.2 Å². The van der Waals surface area contributed by atoms with E-state index in [9.17, 15) is 9.59 Å². The number of rotatable bonds is 13. The number of imidazole rings is 1. The first-order valence-electron chi connectivity index (χ1n) is 10.3. The summed E-state index contributed by atoms with van der Waals surface area (Å²) in [6, 6.07) is 7.89. The van der Waals surface area contributed by atoms with Crippen molar-refractivity contribution >= 4 is 22.8 Å². The zero-order valence-corrected chi connectivity index (χ0v) is 17.9. The van der Waals surface area contributed by atoms with Gasteiger partial charge in [-0.1, -0.05) is 37.3 Å². The molecule has 0 radical (unpaired) electrons. The number of benzene rings is 1. The number of hydrogen-bond donors (Lipinski definition) is 1. The van der Waals surface area contributed by atoms with Crippen LogP contribution in [0.1, 0.15) is 32.0 Å². The van der Waals surface area contributed by atoms with Gasteiger partial charge in [0, 0.05) is 31.6 Å². The lowest BCUT2D eigenvalue weighted by molar-refractivity contribution is -0.130. The quantitative estimate of drug-likeness (QED) is 0.313. The molecule has 0 spiro atoms. The Balaban J connectivity index is 2.02. The average Bonchev–Trinajstić information content (AvgIpc) is 3.07. The van der Waals surface area contributed by atoms with E-state index in [1.165, 1.54) is 0 Å². The smallest absolute Gasteiger partial charge is 0.246 e. The van der Waals surface area contributed by atoms with E-state index in [4.69, 9.17) is 4.98 Å². The third kappa shape index (κ3) is 6.44. The highest BCUT2D eigenvalue weighted by atomic mass is 16.2. The highest BCUT2D eigenvalue weighted by molar-refractivity contribution is 5.92. The normalized spacial score (nSPS) is 10.6. The molecule has 6 nitrogen and oxygen atoms in total. The highest BCUT2D eigenvalue weighted by Crippen LogP contribution is 2.18. The molecule has 0 unspecified atom stereocenters. The maximum atomic E-state index is 12.9. The minimum absolute atomic E-state index is 0.0155. The van der Waals surface area contributed by atoms with Crippen molar-refractivity contribution in [2.24, 2.45) is 0 Å². The van der Waals surface area contributed by atoms with Crippen molar-refractivity contribution in [3.05, 3.63) is 67.6 Å². The van der Waals surface area contributed by atoms with Gasteiger partial charge in [0.25, 0.3) is 0 Å². The number of hydrogen-bond acceptors (Lipinski definition) is 3. The molecule has 0 bridgehead atoms. The largest absolute Gasteiger partial charge is 0.352 e. The standard InChI is InChI=1S/C24H32N4O2/c1-5-16-27(17-6-2)23(29)18-28-21-13-10-9-12-20(21)26-22(28)14-8-7-11-15-25-24(30)19(3)4/h5-6,9-10,12-13H,1-3,7-8,11,14-18H2,4H3,(H,25,30). The van der Waals surface area contributed by atoms with Crippen LogP contribution in [0.5, 0.6) is 0 Å². The summed E-state index contributed by atoms with van der Waals surface area (Å²) in [6.07, 6.45) is 7.02. The Hall–Kier alpha value is -3.15. The molecular weight excluding hydrogens is 376 g/mol. The first-order valence-corrected chi connectivity index (χ1v) is 10.3. The Morgan fingerprint density at radius 3 is 2.50 bits per heavy atom. The van der Waals surface area contributed by atoms with Crippen LogP contribution in [-0.2, 0) is 22.6 Å². The molecule has 30 heavy (non-hydrogen) atoms. The van der Waals surface area contributed by atoms with Crippen LogP contribution in [-0.4, -0.2) is 45.9 Å². The number of aromatic nitrogens is 2. The van der Waals surface area contributed by atoms with E-state index in [0.717, 1.165) is 42.5 Å². The van der Waals surface area contributed by atoms with Crippen LogP contribution >= 0.6 is 0 Å². The fraction of sp³-hybridized carbons (Fsp3) is 0.375. The van der Waals surface area contributed by atoms with Crippen molar-refractivity contribution in [2.45, 2.75) is 39.2 Å². The van der Waals surface area contributed by atoms with Gasteiger partial charge in [0.2, 0.25) is 11.8 Å². The summed E-state index contributed by atoms with van der Waals surface area (Å²) < 4.78 is 2.01. The van der Waals surface area contributed by atoms with Gasteiger partial charge in [0.15, 0.2) is 0 Å². The van der Waals surface area contributed by atoms with Gasteiger partial charge in [0.05, 0.1) is 11.0 Å². The molecule has 1 aromatic heterocycles. The van der Waals surface area contributed by atoms with Gasteiger partial charge in [0.1, 0.15) is 12.4 Å². The molecule has 0 fully saturated rings. The maximum absolute atomic E-state index is 12.9. The molecule has 0 aliphatic rings. The Morgan fingerprint density at radius 1 is 1.13 bits per heavy atom. The van der Waals surface area contributed by atoms with Gasteiger partial charge in [-0.25, -0.2) is 4.98 Å². The zero-order valence-electron chi connectivity index (χ0n) is 17.9. The van der Waals surface area contributed by atoms with Crippen molar-refractivity contribution in [1.82, 2.24) is 19.8 Å². The second kappa shape index (κ2) is 11.8. The van der Waals surface area contributed by atoms with Crippen molar-refractivity contribution in [2.75, 3.05) is 19.6 Å². The Labute approximate surface area is 179 Å². The minimum atomic E-state index is -0.0982. The summed E-state index contributed by atoms with van der Waals surface area (Å²) in [4.78, 5) is 30.9. The van der Waals surface area contributed by atoms with E-state index < -0.39 is 0 Å². The first kappa shape index (κ1) is 23.1. The molecule has 160 valence electrons. The van der Waals surface area contributed by atoms with E-state index in [1.54, 1.807) is 24.0 Å². The van der Waals surface area contributed by atoms with Gasteiger partial charge in [-0.3, -0.25) is 9.59 Å². The van der Waals surface area contributed by atoms with Crippen LogP contribution in [0.3, 0.4) is 0 Å². The molecule has 0 aliphatic carbocycles. The second-order valence-electron chi connectivity index (χ2n) is 7.33. The van der Waals surface area contributed by atoms with E-state index in [0.29, 0.717) is 25.2 Å². The zero-order chi connectivity index (χ0) is 21.9. The molecule has 2 rings (SSSR count). The molecule has 0 atom stereocenters. The number of carbonyl (C=O) groups is 2. The number of para-hydroxylation sites is 2. The minimum Gasteiger partial charge on any atom is -0.352 e. The first-order chi connectivity index (χ1) is 14.5. The molecule has 1 N–H and O–H groups in total. The van der Waals surface area contributed by atoms with Crippen LogP contribution in [0.25, 0.3) is 11.0 Å². The van der Waals surface area contributed by atoms with Gasteiger partial charge >= 0.3 is 0 Å². The summed E-state index contributed by atoms with van der Waals surface area (Å²) in [7, 11) is 0. The summed E-state index contributed by atoms with van der Waals surface area (Å²) in [5.41, 5.74) is 2.38. The van der Waals surface area contributed by atoms with Crippen LogP contribution in [0.4, 0.5) is 0 Å². The van der Waals surface area contributed by atoms with Crippen LogP contribution < -0.4 is 5.32 Å².